The van der Waals surface area contributed by atoms with Gasteiger partial charge in [-0.15, -0.1) is 0 Å². The van der Waals surface area contributed by atoms with Crippen LogP contribution in [0.15, 0.2) is 113 Å². The van der Waals surface area contributed by atoms with Crippen molar-refractivity contribution >= 4 is 15.9 Å². The van der Waals surface area contributed by atoms with E-state index >= 15 is 0 Å². The molecule has 2 aromatic carbocycles. The van der Waals surface area contributed by atoms with E-state index in [4.69, 9.17) is 4.74 Å². The van der Waals surface area contributed by atoms with Crippen molar-refractivity contribution in [2.75, 3.05) is 0 Å². The molecular weight excluding hydrogens is 374 g/mol. The number of nitrogens with zero attached hydrogens (tertiary/aromatic N) is 1. The SMILES string of the molecule is O=C(c1ccccc1)N(C1=CC2=CC=COC2C=C1)S(=O)(=O)c1ccccc1. The van der Waals surface area contributed by atoms with Crippen LogP contribution in [0.25, 0.3) is 0 Å². The summed E-state index contributed by atoms with van der Waals surface area (Å²) in [5, 5.41) is 0. The van der Waals surface area contributed by atoms with Gasteiger partial charge in [0.25, 0.3) is 15.9 Å². The number of hydrogen-bond acceptors (Lipinski definition) is 4. The van der Waals surface area contributed by atoms with Gasteiger partial charge in [-0.05, 0) is 54.1 Å². The Balaban J connectivity index is 1.84. The highest BCUT2D eigenvalue weighted by molar-refractivity contribution is 7.89. The molecule has 2 aliphatic rings. The van der Waals surface area contributed by atoms with Crippen LogP contribution in [-0.2, 0) is 14.8 Å². The van der Waals surface area contributed by atoms with Crippen LogP contribution in [0.1, 0.15) is 10.4 Å². The number of carbonyl (C=O) groups is 1. The highest BCUT2D eigenvalue weighted by Gasteiger charge is 2.34. The zero-order valence-corrected chi connectivity index (χ0v) is 15.6. The number of ether oxygens (including phenoxy) is 1. The molecule has 1 atom stereocenters. The fraction of sp³-hybridized carbons (Fsp3) is 0.0455. The summed E-state index contributed by atoms with van der Waals surface area (Å²) in [5.74, 6) is -0.619. The van der Waals surface area contributed by atoms with Crippen molar-refractivity contribution in [2.24, 2.45) is 0 Å². The van der Waals surface area contributed by atoms with Crippen molar-refractivity contribution in [1.29, 1.82) is 0 Å². The minimum Gasteiger partial charge on any atom is -0.489 e. The summed E-state index contributed by atoms with van der Waals surface area (Å²) >= 11 is 0. The minimum absolute atomic E-state index is 0.0458. The fourth-order valence-corrected chi connectivity index (χ4v) is 4.46. The van der Waals surface area contributed by atoms with Crippen LogP contribution in [0.4, 0.5) is 0 Å². The van der Waals surface area contributed by atoms with Gasteiger partial charge in [-0.1, -0.05) is 42.5 Å². The average Bonchev–Trinajstić information content (AvgIpc) is 2.75. The molecule has 140 valence electrons. The van der Waals surface area contributed by atoms with E-state index in [1.54, 1.807) is 79.1 Å². The minimum atomic E-state index is -4.11. The van der Waals surface area contributed by atoms with E-state index < -0.39 is 15.9 Å². The van der Waals surface area contributed by atoms with Gasteiger partial charge in [0.15, 0.2) is 0 Å². The van der Waals surface area contributed by atoms with Crippen molar-refractivity contribution in [3.63, 3.8) is 0 Å². The lowest BCUT2D eigenvalue weighted by Gasteiger charge is -2.28. The topological polar surface area (TPSA) is 63.7 Å². The van der Waals surface area contributed by atoms with Crippen LogP contribution in [0.2, 0.25) is 0 Å². The van der Waals surface area contributed by atoms with Crippen molar-refractivity contribution in [1.82, 2.24) is 4.31 Å². The van der Waals surface area contributed by atoms with Crippen LogP contribution in [0.3, 0.4) is 0 Å². The molecule has 1 unspecified atom stereocenters. The van der Waals surface area contributed by atoms with Crippen LogP contribution in [-0.4, -0.2) is 24.7 Å². The number of fused-ring (bicyclic) bond motifs is 1. The van der Waals surface area contributed by atoms with Crippen LogP contribution in [0.5, 0.6) is 0 Å². The molecule has 0 bridgehead atoms. The maximum atomic E-state index is 13.4. The van der Waals surface area contributed by atoms with Gasteiger partial charge >= 0.3 is 0 Å². The fourth-order valence-electron chi connectivity index (χ4n) is 3.03. The lowest BCUT2D eigenvalue weighted by Crippen LogP contribution is -2.37. The first kappa shape index (κ1) is 18.0. The Kier molecular flexibility index (Phi) is 4.71. The lowest BCUT2D eigenvalue weighted by atomic mass is 10.0. The van der Waals surface area contributed by atoms with Gasteiger partial charge in [-0.3, -0.25) is 4.79 Å². The molecule has 4 rings (SSSR count). The summed E-state index contributed by atoms with van der Waals surface area (Å²) in [6.45, 7) is 0. The maximum Gasteiger partial charge on any atom is 0.272 e. The number of carbonyl (C=O) groups excluding carboxylic acids is 1. The second-order valence-electron chi connectivity index (χ2n) is 6.23. The summed E-state index contributed by atoms with van der Waals surface area (Å²) in [5.41, 5.74) is 1.32. The lowest BCUT2D eigenvalue weighted by molar-refractivity contribution is 0.0891. The van der Waals surface area contributed by atoms with Gasteiger partial charge in [0, 0.05) is 5.56 Å². The highest BCUT2D eigenvalue weighted by atomic mass is 32.2. The number of rotatable bonds is 4. The van der Waals surface area contributed by atoms with E-state index in [1.807, 2.05) is 6.08 Å². The predicted octanol–water partition coefficient (Wildman–Crippen LogP) is 3.81. The zero-order valence-electron chi connectivity index (χ0n) is 14.8. The molecule has 0 N–H and O–H groups in total. The third-order valence-electron chi connectivity index (χ3n) is 4.40. The standard InChI is InChI=1S/C22H17NO4S/c24-22(17-8-3-1-4-9-17)23(28(25,26)20-11-5-2-6-12-20)19-13-14-21-18(16-19)10-7-15-27-21/h1-16,21H. The van der Waals surface area contributed by atoms with Gasteiger partial charge in [-0.25, -0.2) is 8.42 Å². The third kappa shape index (κ3) is 3.30. The van der Waals surface area contributed by atoms with Crippen molar-refractivity contribution < 1.29 is 17.9 Å². The summed E-state index contributed by atoms with van der Waals surface area (Å²) in [6, 6.07) is 16.3. The number of hydrogen-bond donors (Lipinski definition) is 0. The third-order valence-corrected chi connectivity index (χ3v) is 6.12. The number of sulfonamides is 1. The zero-order chi connectivity index (χ0) is 19.6. The van der Waals surface area contributed by atoms with Crippen LogP contribution < -0.4 is 0 Å². The van der Waals surface area contributed by atoms with Gasteiger partial charge < -0.3 is 4.74 Å². The Hall–Kier alpha value is -3.38. The van der Waals surface area contributed by atoms with E-state index in [9.17, 15) is 13.2 Å². The monoisotopic (exact) mass is 391 g/mol. The summed E-state index contributed by atoms with van der Waals surface area (Å²) in [4.78, 5) is 13.3. The quantitative estimate of drug-likeness (QED) is 0.795. The van der Waals surface area contributed by atoms with E-state index in [2.05, 4.69) is 0 Å². The first-order valence-electron chi connectivity index (χ1n) is 8.69. The summed E-state index contributed by atoms with van der Waals surface area (Å²) < 4.78 is 33.1. The molecular formula is C22H17NO4S. The molecule has 1 aliphatic carbocycles. The number of benzene rings is 2. The highest BCUT2D eigenvalue weighted by Crippen LogP contribution is 2.29. The van der Waals surface area contributed by atoms with Crippen molar-refractivity contribution in [3.05, 3.63) is 114 Å². The molecule has 0 radical (unpaired) electrons. The van der Waals surface area contributed by atoms with Crippen molar-refractivity contribution in [3.8, 4) is 0 Å². The first-order valence-corrected chi connectivity index (χ1v) is 10.1. The predicted molar refractivity (Wildman–Crippen MR) is 106 cm³/mol. The van der Waals surface area contributed by atoms with E-state index in [-0.39, 0.29) is 22.3 Å². The Labute approximate surface area is 163 Å². The van der Waals surface area contributed by atoms with Gasteiger partial charge in [0.2, 0.25) is 0 Å². The second kappa shape index (κ2) is 7.32. The Morgan fingerprint density at radius 3 is 2.36 bits per heavy atom. The van der Waals surface area contributed by atoms with Gasteiger partial charge in [0.1, 0.15) is 6.10 Å². The van der Waals surface area contributed by atoms with Gasteiger partial charge in [0.05, 0.1) is 16.9 Å². The first-order chi connectivity index (χ1) is 13.6. The number of amides is 1. The van der Waals surface area contributed by atoms with Crippen LogP contribution >= 0.6 is 0 Å². The number of allylic oxidation sites excluding steroid dienone is 3. The van der Waals surface area contributed by atoms with Crippen LogP contribution in [0, 0.1) is 0 Å². The van der Waals surface area contributed by atoms with Gasteiger partial charge in [-0.2, -0.15) is 4.31 Å². The average molecular weight is 391 g/mol. The normalized spacial score (nSPS) is 17.8. The molecule has 2 aromatic rings. The van der Waals surface area contributed by atoms with E-state index in [0.717, 1.165) is 9.88 Å². The molecule has 0 saturated carbocycles. The molecule has 1 aliphatic heterocycles. The Morgan fingerprint density at radius 1 is 0.964 bits per heavy atom. The Bertz CT molecular complexity index is 1110. The molecule has 0 saturated heterocycles. The second-order valence-corrected chi connectivity index (χ2v) is 8.02. The molecule has 1 heterocycles. The largest absolute Gasteiger partial charge is 0.489 e. The molecule has 0 fully saturated rings. The molecule has 6 heteroatoms. The Morgan fingerprint density at radius 2 is 1.64 bits per heavy atom. The summed E-state index contributed by atoms with van der Waals surface area (Å²) in [7, 11) is -4.11. The van der Waals surface area contributed by atoms with E-state index in [1.165, 1.54) is 12.1 Å². The molecule has 1 amide bonds. The molecule has 28 heavy (non-hydrogen) atoms. The summed E-state index contributed by atoms with van der Waals surface area (Å²) in [6.07, 6.45) is 9.84. The van der Waals surface area contributed by atoms with E-state index in [0.29, 0.717) is 0 Å². The molecule has 0 aromatic heterocycles. The van der Waals surface area contributed by atoms with Crippen molar-refractivity contribution in [2.45, 2.75) is 11.0 Å². The maximum absolute atomic E-state index is 13.4. The molecule has 0 spiro atoms. The smallest absolute Gasteiger partial charge is 0.272 e. The molecule has 5 nitrogen and oxygen atoms in total.